The molecule has 1 aliphatic rings. The zero-order valence-electron chi connectivity index (χ0n) is 15.9. The van der Waals surface area contributed by atoms with Crippen molar-refractivity contribution in [3.63, 3.8) is 0 Å². The normalized spacial score (nSPS) is 15.0. The monoisotopic (exact) mass is 409 g/mol. The van der Waals surface area contributed by atoms with Crippen molar-refractivity contribution in [2.45, 2.75) is 33.2 Å². The van der Waals surface area contributed by atoms with Crippen molar-refractivity contribution in [1.82, 2.24) is 9.97 Å². The molecular weight excluding hydrogens is 390 g/mol. The van der Waals surface area contributed by atoms with Crippen molar-refractivity contribution in [2.75, 3.05) is 0 Å². The van der Waals surface area contributed by atoms with E-state index in [1.54, 1.807) is 23.6 Å². The van der Waals surface area contributed by atoms with Crippen LogP contribution < -0.4 is 5.73 Å². The van der Waals surface area contributed by atoms with Gasteiger partial charge < -0.3 is 5.73 Å². The van der Waals surface area contributed by atoms with E-state index in [1.165, 1.54) is 0 Å². The van der Waals surface area contributed by atoms with Crippen LogP contribution in [0.25, 0.3) is 10.4 Å². The summed E-state index contributed by atoms with van der Waals surface area (Å²) in [4.78, 5) is 15.3. The molecule has 7 heteroatoms. The summed E-state index contributed by atoms with van der Waals surface area (Å²) in [5.74, 6) is 1.15. The molecule has 1 aromatic carbocycles. The average Bonchev–Trinajstić information content (AvgIpc) is 3.11. The molecule has 0 radical (unpaired) electrons. The molecule has 0 saturated heterocycles. The molecule has 2 aromatic heterocycles. The first kappa shape index (κ1) is 20.0. The van der Waals surface area contributed by atoms with E-state index in [0.29, 0.717) is 28.7 Å². The molecule has 142 valence electrons. The van der Waals surface area contributed by atoms with Crippen LogP contribution in [0.4, 0.5) is 0 Å². The Kier molecular flexibility index (Phi) is 6.08. The number of fused-ring (bicyclic) bond motifs is 1. The van der Waals surface area contributed by atoms with Gasteiger partial charge in [0, 0.05) is 22.4 Å². The molecule has 0 bridgehead atoms. The van der Waals surface area contributed by atoms with Crippen LogP contribution in [0.15, 0.2) is 41.5 Å². The van der Waals surface area contributed by atoms with E-state index in [4.69, 9.17) is 22.6 Å². The second-order valence-corrected chi connectivity index (χ2v) is 7.52. The lowest BCUT2D eigenvalue weighted by molar-refractivity contribution is 0.698. The smallest absolute Gasteiger partial charge is 0.129 e. The van der Waals surface area contributed by atoms with E-state index in [2.05, 4.69) is 21.0 Å². The van der Waals surface area contributed by atoms with Crippen LogP contribution in [0.5, 0.6) is 0 Å². The first-order chi connectivity index (χ1) is 13.5. The van der Waals surface area contributed by atoms with Crippen LogP contribution in [-0.4, -0.2) is 15.8 Å². The third-order valence-electron chi connectivity index (χ3n) is 4.24. The largest absolute Gasteiger partial charge is 0.383 e. The third-order valence-corrected chi connectivity index (χ3v) is 5.95. The number of aryl methyl sites for hydroxylation is 1. The molecule has 0 aliphatic carbocycles. The van der Waals surface area contributed by atoms with Gasteiger partial charge in [-0.25, -0.2) is 9.97 Å². The third kappa shape index (κ3) is 3.91. The Labute approximate surface area is 173 Å². The standard InChI is InChI=1S/C19H14ClN5S.C2H6/c1-10-23-9-13-15(24-10)7-16(25-19(13)22)18-14(20)6-17(26-18)12-4-2-3-11(5-12)8-21;1-2/h2-6,9,16H,7H2,1H3,(H2,22,25);1-2H3. The van der Waals surface area contributed by atoms with E-state index in [-0.39, 0.29) is 6.04 Å². The molecular formula is C21H20ClN5S. The van der Waals surface area contributed by atoms with Gasteiger partial charge in [-0.15, -0.1) is 11.3 Å². The zero-order valence-corrected chi connectivity index (χ0v) is 17.5. The average molecular weight is 410 g/mol. The Morgan fingerprint density at radius 2 is 2.07 bits per heavy atom. The van der Waals surface area contributed by atoms with E-state index in [9.17, 15) is 0 Å². The van der Waals surface area contributed by atoms with Crippen molar-refractivity contribution < 1.29 is 0 Å². The molecule has 0 fully saturated rings. The minimum Gasteiger partial charge on any atom is -0.383 e. The van der Waals surface area contributed by atoms with Gasteiger partial charge in [-0.1, -0.05) is 37.6 Å². The molecule has 3 heterocycles. The summed E-state index contributed by atoms with van der Waals surface area (Å²) < 4.78 is 0. The highest BCUT2D eigenvalue weighted by Gasteiger charge is 2.26. The summed E-state index contributed by atoms with van der Waals surface area (Å²) in [7, 11) is 0. The van der Waals surface area contributed by atoms with Crippen molar-refractivity contribution in [1.29, 1.82) is 5.26 Å². The minimum atomic E-state index is -0.165. The predicted octanol–water partition coefficient (Wildman–Crippen LogP) is 5.07. The molecule has 5 nitrogen and oxygen atoms in total. The second-order valence-electron chi connectivity index (χ2n) is 6.03. The van der Waals surface area contributed by atoms with Gasteiger partial charge in [0.2, 0.25) is 0 Å². The van der Waals surface area contributed by atoms with Crippen LogP contribution in [0.1, 0.15) is 47.4 Å². The maximum Gasteiger partial charge on any atom is 0.129 e. The fourth-order valence-electron chi connectivity index (χ4n) is 3.00. The number of halogens is 1. The molecule has 1 aliphatic heterocycles. The van der Waals surface area contributed by atoms with Crippen molar-refractivity contribution in [2.24, 2.45) is 10.7 Å². The number of nitrogens with two attached hydrogens (primary N) is 1. The van der Waals surface area contributed by atoms with Gasteiger partial charge in [-0.2, -0.15) is 5.26 Å². The Bertz CT molecular complexity index is 1080. The second kappa shape index (κ2) is 8.51. The number of thiophene rings is 1. The number of rotatable bonds is 2. The number of nitrogens with zero attached hydrogens (tertiary/aromatic N) is 4. The number of aromatic nitrogens is 2. The topological polar surface area (TPSA) is 88.0 Å². The quantitative estimate of drug-likeness (QED) is 0.640. The SMILES string of the molecule is CC.Cc1ncc2c(n1)CC(c1sc(-c3cccc(C#N)c3)cc1Cl)N=C2N. The summed E-state index contributed by atoms with van der Waals surface area (Å²) >= 11 is 8.08. The van der Waals surface area contributed by atoms with Gasteiger partial charge in [0.1, 0.15) is 11.7 Å². The summed E-state index contributed by atoms with van der Waals surface area (Å²) in [6, 6.07) is 11.4. The van der Waals surface area contributed by atoms with Gasteiger partial charge in [0.05, 0.1) is 34.0 Å². The fourth-order valence-corrected chi connectivity index (χ4v) is 4.50. The van der Waals surface area contributed by atoms with E-state index in [1.807, 2.05) is 45.0 Å². The maximum atomic E-state index is 9.10. The maximum absolute atomic E-state index is 9.10. The van der Waals surface area contributed by atoms with Crippen LogP contribution in [0.2, 0.25) is 5.02 Å². The Hall–Kier alpha value is -2.75. The molecule has 1 atom stereocenters. The van der Waals surface area contributed by atoms with Crippen molar-refractivity contribution in [3.05, 3.63) is 69.1 Å². The molecule has 1 unspecified atom stereocenters. The van der Waals surface area contributed by atoms with Gasteiger partial charge in [-0.3, -0.25) is 4.99 Å². The predicted molar refractivity (Wildman–Crippen MR) is 115 cm³/mol. The lowest BCUT2D eigenvalue weighted by Crippen LogP contribution is -2.24. The summed E-state index contributed by atoms with van der Waals surface area (Å²) in [5.41, 5.74) is 9.40. The molecule has 0 spiro atoms. The number of benzene rings is 1. The van der Waals surface area contributed by atoms with E-state index >= 15 is 0 Å². The van der Waals surface area contributed by atoms with Gasteiger partial charge in [0.15, 0.2) is 0 Å². The Morgan fingerprint density at radius 1 is 1.29 bits per heavy atom. The summed E-state index contributed by atoms with van der Waals surface area (Å²) in [6.07, 6.45) is 2.36. The zero-order chi connectivity index (χ0) is 20.3. The van der Waals surface area contributed by atoms with Gasteiger partial charge >= 0.3 is 0 Å². The van der Waals surface area contributed by atoms with E-state index < -0.39 is 0 Å². The molecule has 2 N–H and O–H groups in total. The van der Waals surface area contributed by atoms with Crippen LogP contribution in [0.3, 0.4) is 0 Å². The van der Waals surface area contributed by atoms with Gasteiger partial charge in [-0.05, 0) is 30.7 Å². The lowest BCUT2D eigenvalue weighted by atomic mass is 10.0. The summed E-state index contributed by atoms with van der Waals surface area (Å²) in [6.45, 7) is 5.86. The van der Waals surface area contributed by atoms with Crippen molar-refractivity contribution in [3.8, 4) is 16.5 Å². The van der Waals surface area contributed by atoms with Crippen LogP contribution in [-0.2, 0) is 6.42 Å². The lowest BCUT2D eigenvalue weighted by Gasteiger charge is -2.20. The number of aliphatic imine (C=N–C) groups is 1. The summed E-state index contributed by atoms with van der Waals surface area (Å²) in [5, 5.41) is 9.76. The Morgan fingerprint density at radius 3 is 2.82 bits per heavy atom. The number of amidine groups is 1. The number of hydrogen-bond donors (Lipinski definition) is 1. The van der Waals surface area contributed by atoms with E-state index in [0.717, 1.165) is 26.6 Å². The first-order valence-corrected chi connectivity index (χ1v) is 10.2. The molecule has 3 aromatic rings. The van der Waals surface area contributed by atoms with Crippen LogP contribution in [0, 0.1) is 18.3 Å². The molecule has 4 rings (SSSR count). The molecule has 0 saturated carbocycles. The molecule has 28 heavy (non-hydrogen) atoms. The number of nitriles is 1. The van der Waals surface area contributed by atoms with Crippen LogP contribution >= 0.6 is 22.9 Å². The fraction of sp³-hybridized carbons (Fsp3) is 0.238. The Balaban J connectivity index is 0.00000109. The minimum absolute atomic E-state index is 0.165. The van der Waals surface area contributed by atoms with Crippen molar-refractivity contribution >= 4 is 28.8 Å². The molecule has 0 amide bonds. The number of hydrogen-bond acceptors (Lipinski definition) is 6. The first-order valence-electron chi connectivity index (χ1n) is 9.01. The van der Waals surface area contributed by atoms with Gasteiger partial charge in [0.25, 0.3) is 0 Å². The highest BCUT2D eigenvalue weighted by atomic mass is 35.5. The highest BCUT2D eigenvalue weighted by molar-refractivity contribution is 7.16. The highest BCUT2D eigenvalue weighted by Crippen LogP contribution is 2.41.